The zero-order chi connectivity index (χ0) is 7.52. The molecule has 0 aromatic carbocycles. The smallest absolute Gasteiger partial charge is 0.0383 e. The minimum atomic E-state index is 1.09. The van der Waals surface area contributed by atoms with Crippen molar-refractivity contribution >= 4 is 0 Å². The molecular formula is C11H19. The molecule has 0 heteroatoms. The van der Waals surface area contributed by atoms with Gasteiger partial charge < -0.3 is 0 Å². The van der Waals surface area contributed by atoms with Crippen molar-refractivity contribution in [3.8, 4) is 0 Å². The largest absolute Gasteiger partial charge is 0.0533 e. The summed E-state index contributed by atoms with van der Waals surface area (Å²) >= 11 is 0. The normalized spacial score (nSPS) is 29.5. The summed E-state index contributed by atoms with van der Waals surface area (Å²) < 4.78 is 0. The molecule has 0 heterocycles. The van der Waals surface area contributed by atoms with Crippen molar-refractivity contribution in [1.82, 2.24) is 0 Å². The SMILES string of the molecule is [CH]1CCC(C2CCCCC2)C1. The first kappa shape index (κ1) is 7.64. The van der Waals surface area contributed by atoms with Crippen molar-refractivity contribution in [2.24, 2.45) is 11.8 Å². The van der Waals surface area contributed by atoms with Crippen LogP contribution < -0.4 is 0 Å². The first-order chi connectivity index (χ1) is 5.47. The highest BCUT2D eigenvalue weighted by molar-refractivity contribution is 4.85. The Morgan fingerprint density at radius 2 is 1.64 bits per heavy atom. The minimum Gasteiger partial charge on any atom is -0.0533 e. The van der Waals surface area contributed by atoms with E-state index < -0.39 is 0 Å². The molecule has 2 saturated carbocycles. The van der Waals surface area contributed by atoms with Gasteiger partial charge in [-0.3, -0.25) is 0 Å². The Kier molecular flexibility index (Phi) is 2.50. The zero-order valence-corrected chi connectivity index (χ0v) is 7.39. The lowest BCUT2D eigenvalue weighted by atomic mass is 9.79. The van der Waals surface area contributed by atoms with Crippen LogP contribution in [0.5, 0.6) is 0 Å². The van der Waals surface area contributed by atoms with Crippen LogP contribution >= 0.6 is 0 Å². The van der Waals surface area contributed by atoms with Crippen LogP contribution in [-0.2, 0) is 0 Å². The van der Waals surface area contributed by atoms with Crippen LogP contribution in [-0.4, -0.2) is 0 Å². The number of hydrogen-bond donors (Lipinski definition) is 0. The Labute approximate surface area is 70.4 Å². The van der Waals surface area contributed by atoms with E-state index in [-0.39, 0.29) is 0 Å². The van der Waals surface area contributed by atoms with Crippen molar-refractivity contribution in [3.63, 3.8) is 0 Å². The first-order valence-electron chi connectivity index (χ1n) is 5.28. The topological polar surface area (TPSA) is 0 Å². The molecule has 0 amide bonds. The number of hydrogen-bond acceptors (Lipinski definition) is 0. The monoisotopic (exact) mass is 151 g/mol. The molecule has 0 aliphatic heterocycles. The van der Waals surface area contributed by atoms with Gasteiger partial charge in [0.15, 0.2) is 0 Å². The molecule has 2 aliphatic carbocycles. The summed E-state index contributed by atoms with van der Waals surface area (Å²) in [5.41, 5.74) is 0. The van der Waals surface area contributed by atoms with Crippen molar-refractivity contribution in [1.29, 1.82) is 0 Å². The lowest BCUT2D eigenvalue weighted by molar-refractivity contribution is 0.254. The van der Waals surface area contributed by atoms with E-state index in [1.54, 1.807) is 12.8 Å². The molecule has 0 nitrogen and oxygen atoms in total. The van der Waals surface area contributed by atoms with E-state index in [1.807, 2.05) is 0 Å². The van der Waals surface area contributed by atoms with Gasteiger partial charge in [-0.2, -0.15) is 0 Å². The van der Waals surface area contributed by atoms with E-state index >= 15 is 0 Å². The van der Waals surface area contributed by atoms with Crippen LogP contribution in [0.1, 0.15) is 51.4 Å². The highest BCUT2D eigenvalue weighted by Crippen LogP contribution is 2.38. The van der Waals surface area contributed by atoms with Gasteiger partial charge in [-0.05, 0) is 37.5 Å². The Balaban J connectivity index is 1.82. The van der Waals surface area contributed by atoms with Crippen LogP contribution in [0.3, 0.4) is 0 Å². The van der Waals surface area contributed by atoms with Gasteiger partial charge in [0.05, 0.1) is 0 Å². The van der Waals surface area contributed by atoms with Gasteiger partial charge in [0.25, 0.3) is 0 Å². The number of rotatable bonds is 1. The van der Waals surface area contributed by atoms with Gasteiger partial charge in [0, 0.05) is 0 Å². The second-order valence-electron chi connectivity index (χ2n) is 4.26. The van der Waals surface area contributed by atoms with E-state index in [0.717, 1.165) is 11.8 Å². The van der Waals surface area contributed by atoms with Crippen LogP contribution in [0.4, 0.5) is 0 Å². The van der Waals surface area contributed by atoms with Crippen LogP contribution in [0.2, 0.25) is 0 Å². The standard InChI is InChI=1S/C11H19/c1-2-6-10(7-3-1)11-8-4-5-9-11/h4,10-11H,1-3,5-9H2. The minimum absolute atomic E-state index is 1.09. The summed E-state index contributed by atoms with van der Waals surface area (Å²) in [4.78, 5) is 0. The zero-order valence-electron chi connectivity index (χ0n) is 7.39. The van der Waals surface area contributed by atoms with Crippen molar-refractivity contribution in [2.75, 3.05) is 0 Å². The Bertz CT molecular complexity index is 105. The van der Waals surface area contributed by atoms with Crippen LogP contribution in [0, 0.1) is 18.3 Å². The van der Waals surface area contributed by atoms with Crippen LogP contribution in [0.15, 0.2) is 0 Å². The summed E-state index contributed by atoms with van der Waals surface area (Å²) in [5.74, 6) is 2.21. The third-order valence-electron chi connectivity index (χ3n) is 3.53. The molecule has 2 aliphatic rings. The first-order valence-corrected chi connectivity index (χ1v) is 5.28. The van der Waals surface area contributed by atoms with Crippen molar-refractivity contribution in [2.45, 2.75) is 51.4 Å². The Morgan fingerprint density at radius 1 is 0.818 bits per heavy atom. The fourth-order valence-corrected chi connectivity index (χ4v) is 2.82. The molecule has 0 aromatic heterocycles. The summed E-state index contributed by atoms with van der Waals surface area (Å²) in [7, 11) is 0. The average molecular weight is 151 g/mol. The molecule has 63 valence electrons. The highest BCUT2D eigenvalue weighted by atomic mass is 14.3. The van der Waals surface area contributed by atoms with E-state index in [1.165, 1.54) is 38.5 Å². The van der Waals surface area contributed by atoms with E-state index in [2.05, 4.69) is 6.42 Å². The van der Waals surface area contributed by atoms with Gasteiger partial charge in [-0.25, -0.2) is 0 Å². The summed E-state index contributed by atoms with van der Waals surface area (Å²) in [5, 5.41) is 0. The highest BCUT2D eigenvalue weighted by Gasteiger charge is 2.25. The second kappa shape index (κ2) is 3.60. The molecule has 0 saturated heterocycles. The summed E-state index contributed by atoms with van der Waals surface area (Å²) in [6.45, 7) is 0. The summed E-state index contributed by atoms with van der Waals surface area (Å²) in [6.07, 6.45) is 14.5. The molecule has 11 heavy (non-hydrogen) atoms. The molecule has 0 bridgehead atoms. The van der Waals surface area contributed by atoms with Crippen molar-refractivity contribution in [3.05, 3.63) is 6.42 Å². The van der Waals surface area contributed by atoms with Gasteiger partial charge in [0.2, 0.25) is 0 Å². The maximum absolute atomic E-state index is 2.50. The lowest BCUT2D eigenvalue weighted by Gasteiger charge is -2.26. The fourth-order valence-electron chi connectivity index (χ4n) is 2.82. The Hall–Kier alpha value is 0. The predicted octanol–water partition coefficient (Wildman–Crippen LogP) is 3.57. The molecular weight excluding hydrogens is 132 g/mol. The molecule has 2 rings (SSSR count). The van der Waals surface area contributed by atoms with E-state index in [4.69, 9.17) is 0 Å². The molecule has 1 unspecified atom stereocenters. The van der Waals surface area contributed by atoms with Gasteiger partial charge in [-0.15, -0.1) is 0 Å². The molecule has 0 aromatic rings. The third kappa shape index (κ3) is 1.77. The van der Waals surface area contributed by atoms with Crippen molar-refractivity contribution < 1.29 is 0 Å². The maximum atomic E-state index is 2.50. The van der Waals surface area contributed by atoms with Gasteiger partial charge in [0.1, 0.15) is 0 Å². The molecule has 0 spiro atoms. The van der Waals surface area contributed by atoms with Gasteiger partial charge >= 0.3 is 0 Å². The third-order valence-corrected chi connectivity index (χ3v) is 3.53. The average Bonchev–Trinajstić information content (AvgIpc) is 2.58. The maximum Gasteiger partial charge on any atom is -0.0383 e. The van der Waals surface area contributed by atoms with E-state index in [9.17, 15) is 0 Å². The summed E-state index contributed by atoms with van der Waals surface area (Å²) in [6, 6.07) is 0. The fraction of sp³-hybridized carbons (Fsp3) is 0.909. The quantitative estimate of drug-likeness (QED) is 0.537. The van der Waals surface area contributed by atoms with E-state index in [0.29, 0.717) is 0 Å². The Morgan fingerprint density at radius 3 is 2.27 bits per heavy atom. The second-order valence-corrected chi connectivity index (χ2v) is 4.26. The lowest BCUT2D eigenvalue weighted by Crippen LogP contribution is -2.14. The molecule has 2 fully saturated rings. The predicted molar refractivity (Wildman–Crippen MR) is 48.2 cm³/mol. The molecule has 1 atom stereocenters. The molecule has 0 N–H and O–H groups in total. The molecule has 1 radical (unpaired) electrons. The van der Waals surface area contributed by atoms with Gasteiger partial charge in [-0.1, -0.05) is 32.1 Å². The van der Waals surface area contributed by atoms with Crippen LogP contribution in [0.25, 0.3) is 0 Å².